The molecule has 112 valence electrons. The minimum absolute atomic E-state index is 0.300. The highest BCUT2D eigenvalue weighted by atomic mass is 79.9. The highest BCUT2D eigenvalue weighted by Gasteiger charge is 2.23. The van der Waals surface area contributed by atoms with Gasteiger partial charge in [-0.2, -0.15) is 0 Å². The fourth-order valence-electron chi connectivity index (χ4n) is 2.74. The summed E-state index contributed by atoms with van der Waals surface area (Å²) in [5, 5.41) is 12.4. The summed E-state index contributed by atoms with van der Waals surface area (Å²) in [6, 6.07) is 6.79. The molecule has 2 aromatic rings. The monoisotopic (exact) mass is 349 g/mol. The normalized spacial score (nSPS) is 16.4. The molecular formula is C15H20BrN5. The second kappa shape index (κ2) is 6.13. The molecule has 0 amide bonds. The molecular weight excluding hydrogens is 330 g/mol. The van der Waals surface area contributed by atoms with Gasteiger partial charge in [-0.1, -0.05) is 34.0 Å². The van der Waals surface area contributed by atoms with E-state index in [0.29, 0.717) is 6.04 Å². The van der Waals surface area contributed by atoms with E-state index in [-0.39, 0.29) is 0 Å². The lowest BCUT2D eigenvalue weighted by Gasteiger charge is -2.25. The third-order valence-electron chi connectivity index (χ3n) is 4.14. The molecule has 6 heteroatoms. The van der Waals surface area contributed by atoms with Crippen LogP contribution in [0.4, 0.5) is 11.6 Å². The van der Waals surface area contributed by atoms with Crippen molar-refractivity contribution < 1.29 is 0 Å². The number of tetrazole rings is 1. The number of benzene rings is 1. The molecule has 5 nitrogen and oxygen atoms in total. The number of rotatable bonds is 3. The highest BCUT2D eigenvalue weighted by molar-refractivity contribution is 9.10. The summed E-state index contributed by atoms with van der Waals surface area (Å²) in [5.74, 6) is 0.852. The third-order valence-corrected chi connectivity index (χ3v) is 4.63. The van der Waals surface area contributed by atoms with Crippen LogP contribution in [0.25, 0.3) is 0 Å². The number of anilines is 2. The molecule has 3 rings (SSSR count). The Morgan fingerprint density at radius 1 is 1.33 bits per heavy atom. The van der Waals surface area contributed by atoms with E-state index >= 15 is 0 Å². The molecule has 1 atom stereocenters. The van der Waals surface area contributed by atoms with Crippen LogP contribution in [0.15, 0.2) is 22.7 Å². The predicted molar refractivity (Wildman–Crippen MR) is 86.9 cm³/mol. The minimum Gasteiger partial charge on any atom is -0.309 e. The summed E-state index contributed by atoms with van der Waals surface area (Å²) < 4.78 is 3.03. The SMILES string of the molecule is CCC(C)n1nnnc1N1CCCCc2ccc(Br)cc21. The lowest BCUT2D eigenvalue weighted by atomic mass is 10.1. The topological polar surface area (TPSA) is 46.8 Å². The Kier molecular flexibility index (Phi) is 4.24. The van der Waals surface area contributed by atoms with Gasteiger partial charge < -0.3 is 4.90 Å². The molecule has 1 aromatic carbocycles. The lowest BCUT2D eigenvalue weighted by molar-refractivity contribution is 0.464. The Morgan fingerprint density at radius 3 is 3.00 bits per heavy atom. The molecule has 0 saturated carbocycles. The van der Waals surface area contributed by atoms with Crippen LogP contribution < -0.4 is 4.90 Å². The number of aromatic nitrogens is 4. The van der Waals surface area contributed by atoms with Crippen LogP contribution in [-0.2, 0) is 6.42 Å². The molecule has 0 radical (unpaired) electrons. The largest absolute Gasteiger partial charge is 0.309 e. The molecule has 1 aromatic heterocycles. The standard InChI is InChI=1S/C15H20BrN5/c1-3-11(2)21-15(17-18-19-21)20-9-5-4-6-12-7-8-13(16)10-14(12)20/h7-8,10-11H,3-6,9H2,1-2H3. The van der Waals surface area contributed by atoms with Gasteiger partial charge in [-0.15, -0.1) is 0 Å². The van der Waals surface area contributed by atoms with Crippen molar-refractivity contribution in [3.63, 3.8) is 0 Å². The molecule has 0 bridgehead atoms. The van der Waals surface area contributed by atoms with Crippen LogP contribution in [-0.4, -0.2) is 26.8 Å². The van der Waals surface area contributed by atoms with Gasteiger partial charge in [0.05, 0.1) is 6.04 Å². The maximum atomic E-state index is 4.29. The van der Waals surface area contributed by atoms with Crippen molar-refractivity contribution in [1.82, 2.24) is 20.2 Å². The number of aryl methyl sites for hydroxylation is 1. The average molecular weight is 350 g/mol. The van der Waals surface area contributed by atoms with E-state index in [1.54, 1.807) is 0 Å². The Bertz CT molecular complexity index is 624. The Balaban J connectivity index is 2.07. The fraction of sp³-hybridized carbons (Fsp3) is 0.533. The molecule has 0 saturated heterocycles. The zero-order valence-corrected chi connectivity index (χ0v) is 14.0. The van der Waals surface area contributed by atoms with E-state index < -0.39 is 0 Å². The van der Waals surface area contributed by atoms with E-state index in [4.69, 9.17) is 0 Å². The lowest BCUT2D eigenvalue weighted by Crippen LogP contribution is -2.23. The van der Waals surface area contributed by atoms with E-state index in [2.05, 4.69) is 68.4 Å². The van der Waals surface area contributed by atoms with Gasteiger partial charge in [0.25, 0.3) is 0 Å². The molecule has 0 N–H and O–H groups in total. The van der Waals surface area contributed by atoms with Crippen LogP contribution in [0.2, 0.25) is 0 Å². The number of fused-ring (bicyclic) bond motifs is 1. The average Bonchev–Trinajstić information content (AvgIpc) is 2.88. The van der Waals surface area contributed by atoms with Crippen molar-refractivity contribution in [1.29, 1.82) is 0 Å². The molecule has 0 aliphatic carbocycles. The minimum atomic E-state index is 0.300. The van der Waals surface area contributed by atoms with Crippen molar-refractivity contribution in [2.24, 2.45) is 0 Å². The second-order valence-electron chi connectivity index (χ2n) is 5.56. The van der Waals surface area contributed by atoms with Gasteiger partial charge in [0.2, 0.25) is 5.95 Å². The number of hydrogen-bond acceptors (Lipinski definition) is 4. The van der Waals surface area contributed by atoms with Crippen molar-refractivity contribution >= 4 is 27.6 Å². The quantitative estimate of drug-likeness (QED) is 0.843. The van der Waals surface area contributed by atoms with Crippen LogP contribution in [0.5, 0.6) is 0 Å². The first-order valence-electron chi connectivity index (χ1n) is 7.54. The zero-order chi connectivity index (χ0) is 14.8. The van der Waals surface area contributed by atoms with Gasteiger partial charge in [-0.25, -0.2) is 4.68 Å². The summed E-state index contributed by atoms with van der Waals surface area (Å²) in [7, 11) is 0. The smallest absolute Gasteiger partial charge is 0.250 e. The molecule has 21 heavy (non-hydrogen) atoms. The first-order chi connectivity index (χ1) is 10.2. The third kappa shape index (κ3) is 2.81. The van der Waals surface area contributed by atoms with Gasteiger partial charge in [0.15, 0.2) is 0 Å². The number of hydrogen-bond donors (Lipinski definition) is 0. The van der Waals surface area contributed by atoms with E-state index in [1.165, 1.54) is 17.7 Å². The zero-order valence-electron chi connectivity index (χ0n) is 12.5. The predicted octanol–water partition coefficient (Wildman–Crippen LogP) is 3.88. The fourth-order valence-corrected chi connectivity index (χ4v) is 3.09. The van der Waals surface area contributed by atoms with Crippen LogP contribution in [0, 0.1) is 0 Å². The summed E-state index contributed by atoms with van der Waals surface area (Å²) in [5.41, 5.74) is 2.59. The second-order valence-corrected chi connectivity index (χ2v) is 6.48. The molecule has 1 unspecified atom stereocenters. The maximum absolute atomic E-state index is 4.29. The first kappa shape index (κ1) is 14.5. The summed E-state index contributed by atoms with van der Waals surface area (Å²) in [6.07, 6.45) is 4.48. The Labute approximate surface area is 133 Å². The highest BCUT2D eigenvalue weighted by Crippen LogP contribution is 2.34. The van der Waals surface area contributed by atoms with Gasteiger partial charge in [0, 0.05) is 16.7 Å². The van der Waals surface area contributed by atoms with Crippen molar-refractivity contribution in [3.8, 4) is 0 Å². The summed E-state index contributed by atoms with van der Waals surface area (Å²) in [4.78, 5) is 2.26. The van der Waals surface area contributed by atoms with E-state index in [1.807, 2.05) is 4.68 Å². The van der Waals surface area contributed by atoms with Crippen LogP contribution in [0.1, 0.15) is 44.7 Å². The van der Waals surface area contributed by atoms with Gasteiger partial charge in [0.1, 0.15) is 0 Å². The van der Waals surface area contributed by atoms with Gasteiger partial charge >= 0.3 is 0 Å². The number of nitrogens with zero attached hydrogens (tertiary/aromatic N) is 5. The van der Waals surface area contributed by atoms with Crippen molar-refractivity contribution in [2.45, 2.75) is 45.6 Å². The maximum Gasteiger partial charge on any atom is 0.250 e. The summed E-state index contributed by atoms with van der Waals surface area (Å²) >= 11 is 3.58. The van der Waals surface area contributed by atoms with Gasteiger partial charge in [-0.05, 0) is 60.7 Å². The molecule has 2 heterocycles. The Morgan fingerprint density at radius 2 is 2.19 bits per heavy atom. The molecule has 0 spiro atoms. The molecule has 1 aliphatic heterocycles. The summed E-state index contributed by atoms with van der Waals surface area (Å²) in [6.45, 7) is 5.27. The van der Waals surface area contributed by atoms with Crippen LogP contribution in [0.3, 0.4) is 0 Å². The number of halogens is 1. The van der Waals surface area contributed by atoms with Gasteiger partial charge in [-0.3, -0.25) is 0 Å². The van der Waals surface area contributed by atoms with E-state index in [9.17, 15) is 0 Å². The van der Waals surface area contributed by atoms with E-state index in [0.717, 1.165) is 36.2 Å². The van der Waals surface area contributed by atoms with Crippen molar-refractivity contribution in [2.75, 3.05) is 11.4 Å². The van der Waals surface area contributed by atoms with Crippen LogP contribution >= 0.6 is 15.9 Å². The van der Waals surface area contributed by atoms with Crippen molar-refractivity contribution in [3.05, 3.63) is 28.2 Å². The first-order valence-corrected chi connectivity index (χ1v) is 8.34. The molecule has 1 aliphatic rings. The Hall–Kier alpha value is -1.43. The molecule has 0 fully saturated rings.